The van der Waals surface area contributed by atoms with E-state index in [1.54, 1.807) is 23.6 Å². The van der Waals surface area contributed by atoms with Crippen LogP contribution in [0, 0.1) is 24.4 Å². The van der Waals surface area contributed by atoms with E-state index < -0.39 is 5.82 Å². The van der Waals surface area contributed by atoms with E-state index >= 15 is 0 Å². The first-order chi connectivity index (χ1) is 14.8. The fourth-order valence-electron chi connectivity index (χ4n) is 3.19. The number of anilines is 1. The van der Waals surface area contributed by atoms with Crippen molar-refractivity contribution in [3.8, 4) is 0 Å². The molecule has 0 aliphatic rings. The Morgan fingerprint density at radius 2 is 1.87 bits per heavy atom. The summed E-state index contributed by atoms with van der Waals surface area (Å²) in [6.45, 7) is 5.96. The number of halogens is 1. The van der Waals surface area contributed by atoms with Crippen molar-refractivity contribution in [2.45, 2.75) is 40.4 Å². The molecule has 1 heterocycles. The fraction of sp³-hybridized carbons (Fsp3) is 0.273. The highest BCUT2D eigenvalue weighted by atomic mass is 32.1. The van der Waals surface area contributed by atoms with E-state index in [9.17, 15) is 14.0 Å². The summed E-state index contributed by atoms with van der Waals surface area (Å²) in [5.41, 5.74) is 2.23. The lowest BCUT2D eigenvalue weighted by Crippen LogP contribution is -2.25. The van der Waals surface area contributed by atoms with Gasteiger partial charge in [0.05, 0.1) is 6.54 Å². The molecule has 1 aromatic heterocycles. The van der Waals surface area contributed by atoms with Crippen LogP contribution in [0.15, 0.2) is 42.5 Å². The first-order valence-corrected chi connectivity index (χ1v) is 10.3. The number of hydrogen-bond donors (Lipinski definition) is 2. The molecule has 0 atom stereocenters. The summed E-state index contributed by atoms with van der Waals surface area (Å²) in [6, 6.07) is 11.8. The Balaban J connectivity index is 1.72. The lowest BCUT2D eigenvalue weighted by atomic mass is 10.1. The van der Waals surface area contributed by atoms with E-state index in [4.69, 9.17) is 12.2 Å². The summed E-state index contributed by atoms with van der Waals surface area (Å²) < 4.78 is 17.2. The molecule has 0 unspecified atom stereocenters. The number of carbonyl (C=O) groups excluding carboxylic acids is 2. The van der Waals surface area contributed by atoms with Crippen LogP contribution in [0.1, 0.15) is 34.2 Å². The summed E-state index contributed by atoms with van der Waals surface area (Å²) in [5.74, 6) is -0.429. The van der Waals surface area contributed by atoms with Crippen molar-refractivity contribution in [1.82, 2.24) is 19.7 Å². The van der Waals surface area contributed by atoms with Gasteiger partial charge in [-0.05, 0) is 56.8 Å². The largest absolute Gasteiger partial charge is 0.345 e. The molecule has 2 amide bonds. The standard InChI is InChI=1S/C22H24FN5O2S/c1-4-27-19(12-24-21(30)16-9-6-5-8-14(16)2)26-28(22(27)31)13-20(29)25-18-11-7-10-17(23)15(18)3/h5-11H,4,12-13H2,1-3H3,(H,24,30)(H,25,29). The van der Waals surface area contributed by atoms with Crippen molar-refractivity contribution in [3.05, 3.63) is 75.6 Å². The molecule has 0 spiro atoms. The van der Waals surface area contributed by atoms with Crippen LogP contribution in [0.2, 0.25) is 0 Å². The second-order valence-electron chi connectivity index (χ2n) is 7.06. The lowest BCUT2D eigenvalue weighted by molar-refractivity contribution is -0.116. The van der Waals surface area contributed by atoms with Gasteiger partial charge in [-0.2, -0.15) is 5.10 Å². The minimum atomic E-state index is -0.392. The minimum absolute atomic E-state index is 0.124. The maximum atomic E-state index is 13.7. The van der Waals surface area contributed by atoms with Crippen LogP contribution < -0.4 is 10.6 Å². The Bertz CT molecular complexity index is 1180. The van der Waals surface area contributed by atoms with Gasteiger partial charge in [-0.25, -0.2) is 9.07 Å². The molecule has 9 heteroatoms. The molecular weight excluding hydrogens is 417 g/mol. The second kappa shape index (κ2) is 9.65. The van der Waals surface area contributed by atoms with E-state index in [1.807, 2.05) is 32.0 Å². The van der Waals surface area contributed by atoms with Gasteiger partial charge in [0, 0.05) is 23.4 Å². The van der Waals surface area contributed by atoms with E-state index in [1.165, 1.54) is 16.8 Å². The van der Waals surface area contributed by atoms with Gasteiger partial charge in [0.25, 0.3) is 5.91 Å². The zero-order chi connectivity index (χ0) is 22.5. The Kier molecular flexibility index (Phi) is 6.96. The molecule has 31 heavy (non-hydrogen) atoms. The molecule has 3 rings (SSSR count). The second-order valence-corrected chi connectivity index (χ2v) is 7.42. The molecule has 0 bridgehead atoms. The van der Waals surface area contributed by atoms with E-state index in [2.05, 4.69) is 15.7 Å². The molecule has 0 aliphatic heterocycles. The molecule has 2 aromatic carbocycles. The minimum Gasteiger partial charge on any atom is -0.345 e. The molecule has 162 valence electrons. The summed E-state index contributed by atoms with van der Waals surface area (Å²) >= 11 is 5.45. The predicted octanol–water partition coefficient (Wildman–Crippen LogP) is 3.76. The monoisotopic (exact) mass is 441 g/mol. The van der Waals surface area contributed by atoms with Crippen molar-refractivity contribution >= 4 is 29.7 Å². The zero-order valence-electron chi connectivity index (χ0n) is 17.6. The van der Waals surface area contributed by atoms with Crippen LogP contribution in [0.3, 0.4) is 0 Å². The van der Waals surface area contributed by atoms with Gasteiger partial charge in [0.15, 0.2) is 10.6 Å². The van der Waals surface area contributed by atoms with Gasteiger partial charge in [-0.15, -0.1) is 0 Å². The molecule has 0 radical (unpaired) electrons. The van der Waals surface area contributed by atoms with Crippen molar-refractivity contribution < 1.29 is 14.0 Å². The van der Waals surface area contributed by atoms with Crippen LogP contribution in [0.4, 0.5) is 10.1 Å². The van der Waals surface area contributed by atoms with E-state index in [-0.39, 0.29) is 24.9 Å². The fourth-order valence-corrected chi connectivity index (χ4v) is 3.53. The van der Waals surface area contributed by atoms with Crippen molar-refractivity contribution in [1.29, 1.82) is 0 Å². The summed E-state index contributed by atoms with van der Waals surface area (Å²) in [5, 5.41) is 9.96. The van der Waals surface area contributed by atoms with Crippen LogP contribution in [0.5, 0.6) is 0 Å². The smallest absolute Gasteiger partial charge is 0.251 e. The van der Waals surface area contributed by atoms with Crippen LogP contribution >= 0.6 is 12.2 Å². The Morgan fingerprint density at radius 3 is 2.58 bits per heavy atom. The maximum Gasteiger partial charge on any atom is 0.251 e. The first kappa shape index (κ1) is 22.4. The summed E-state index contributed by atoms with van der Waals surface area (Å²) in [7, 11) is 0. The van der Waals surface area contributed by atoms with Gasteiger partial charge >= 0.3 is 0 Å². The Labute approximate surface area is 184 Å². The highest BCUT2D eigenvalue weighted by Crippen LogP contribution is 2.17. The maximum absolute atomic E-state index is 13.7. The van der Waals surface area contributed by atoms with Crippen LogP contribution in [-0.4, -0.2) is 26.2 Å². The number of aryl methyl sites for hydroxylation is 1. The van der Waals surface area contributed by atoms with E-state index in [0.717, 1.165) is 5.56 Å². The third-order valence-electron chi connectivity index (χ3n) is 4.95. The molecule has 0 saturated heterocycles. The number of hydrogen-bond acceptors (Lipinski definition) is 4. The Hall–Kier alpha value is -3.33. The third kappa shape index (κ3) is 5.05. The van der Waals surface area contributed by atoms with Gasteiger partial charge in [-0.3, -0.25) is 9.59 Å². The number of aromatic nitrogens is 3. The van der Waals surface area contributed by atoms with Crippen LogP contribution in [0.25, 0.3) is 0 Å². The quantitative estimate of drug-likeness (QED) is 0.547. The van der Waals surface area contributed by atoms with Crippen LogP contribution in [-0.2, 0) is 24.4 Å². The normalized spacial score (nSPS) is 10.7. The topological polar surface area (TPSA) is 81.0 Å². The first-order valence-electron chi connectivity index (χ1n) is 9.87. The van der Waals surface area contributed by atoms with Crippen molar-refractivity contribution in [2.24, 2.45) is 0 Å². The highest BCUT2D eigenvalue weighted by Gasteiger charge is 2.15. The van der Waals surface area contributed by atoms with Gasteiger partial charge in [-0.1, -0.05) is 24.3 Å². The number of rotatable bonds is 7. The molecule has 7 nitrogen and oxygen atoms in total. The number of nitrogens with zero attached hydrogens (tertiary/aromatic N) is 3. The zero-order valence-corrected chi connectivity index (χ0v) is 18.4. The average molecular weight is 442 g/mol. The Morgan fingerprint density at radius 1 is 1.13 bits per heavy atom. The summed E-state index contributed by atoms with van der Waals surface area (Å²) in [6.07, 6.45) is 0. The predicted molar refractivity (Wildman–Crippen MR) is 119 cm³/mol. The van der Waals surface area contributed by atoms with Gasteiger partial charge in [0.2, 0.25) is 5.91 Å². The summed E-state index contributed by atoms with van der Waals surface area (Å²) in [4.78, 5) is 25.0. The number of amides is 2. The van der Waals surface area contributed by atoms with Gasteiger partial charge < -0.3 is 15.2 Å². The molecule has 0 fully saturated rings. The molecule has 0 aliphatic carbocycles. The third-order valence-corrected chi connectivity index (χ3v) is 5.38. The molecule has 2 N–H and O–H groups in total. The molecular formula is C22H24FN5O2S. The highest BCUT2D eigenvalue weighted by molar-refractivity contribution is 7.71. The average Bonchev–Trinajstić information content (AvgIpc) is 3.04. The number of carbonyl (C=O) groups is 2. The molecule has 3 aromatic rings. The number of benzene rings is 2. The van der Waals surface area contributed by atoms with Crippen molar-refractivity contribution in [3.63, 3.8) is 0 Å². The van der Waals surface area contributed by atoms with E-state index in [0.29, 0.717) is 34.0 Å². The lowest BCUT2D eigenvalue weighted by Gasteiger charge is -2.08. The SMILES string of the molecule is CCn1c(CNC(=O)c2ccccc2C)nn(CC(=O)Nc2cccc(F)c2C)c1=S. The van der Waals surface area contributed by atoms with Gasteiger partial charge in [0.1, 0.15) is 12.4 Å². The number of nitrogens with one attached hydrogen (secondary N) is 2. The molecule has 0 saturated carbocycles. The van der Waals surface area contributed by atoms with Crippen molar-refractivity contribution in [2.75, 3.05) is 5.32 Å².